The predicted octanol–water partition coefficient (Wildman–Crippen LogP) is 3.03. The van der Waals surface area contributed by atoms with Crippen molar-refractivity contribution in [2.75, 3.05) is 39.1 Å². The van der Waals surface area contributed by atoms with Gasteiger partial charge in [-0.05, 0) is 37.9 Å². The van der Waals surface area contributed by atoms with Crippen molar-refractivity contribution in [3.8, 4) is 5.75 Å². The van der Waals surface area contributed by atoms with Gasteiger partial charge in [-0.25, -0.2) is 4.79 Å². The maximum Gasteiger partial charge on any atom is 0.321 e. The number of methoxy groups -OCH3 is 1. The summed E-state index contributed by atoms with van der Waals surface area (Å²) in [7, 11) is 3.49. The second-order valence-electron chi connectivity index (χ2n) is 5.81. The molecule has 0 atom stereocenters. The fraction of sp³-hybridized carbons (Fsp3) is 0.588. The lowest BCUT2D eigenvalue weighted by Gasteiger charge is -2.36. The first-order valence-corrected chi connectivity index (χ1v) is 8.05. The van der Waals surface area contributed by atoms with Gasteiger partial charge in [0, 0.05) is 26.2 Å². The van der Waals surface area contributed by atoms with Gasteiger partial charge in [-0.3, -0.25) is 0 Å². The van der Waals surface area contributed by atoms with Crippen LogP contribution in [-0.2, 0) is 0 Å². The number of para-hydroxylation sites is 2. The molecule has 1 aromatic rings. The van der Waals surface area contributed by atoms with Crippen LogP contribution >= 0.6 is 0 Å². The van der Waals surface area contributed by atoms with Crippen LogP contribution in [0.4, 0.5) is 10.5 Å². The smallest absolute Gasteiger partial charge is 0.321 e. The van der Waals surface area contributed by atoms with Crippen molar-refractivity contribution in [2.45, 2.75) is 32.2 Å². The van der Waals surface area contributed by atoms with Gasteiger partial charge in [0.1, 0.15) is 5.75 Å². The molecule has 1 heterocycles. The first-order chi connectivity index (χ1) is 10.7. The quantitative estimate of drug-likeness (QED) is 0.909. The average molecular weight is 305 g/mol. The van der Waals surface area contributed by atoms with E-state index in [4.69, 9.17) is 4.74 Å². The number of carbonyl (C=O) groups excluding carboxylic acids is 1. The molecule has 0 saturated carbocycles. The number of ether oxygens (including phenoxy) is 1. The van der Waals surface area contributed by atoms with E-state index in [0.29, 0.717) is 17.5 Å². The van der Waals surface area contributed by atoms with E-state index in [1.54, 1.807) is 7.11 Å². The second kappa shape index (κ2) is 8.03. The topological polar surface area (TPSA) is 44.8 Å². The van der Waals surface area contributed by atoms with Crippen LogP contribution < -0.4 is 10.1 Å². The van der Waals surface area contributed by atoms with Gasteiger partial charge in [0.2, 0.25) is 0 Å². The molecule has 0 aromatic heterocycles. The molecule has 1 N–H and O–H groups in total. The molecule has 2 amide bonds. The average Bonchev–Trinajstić information content (AvgIpc) is 2.55. The lowest BCUT2D eigenvalue weighted by atomic mass is 10.0. The minimum Gasteiger partial charge on any atom is -0.495 e. The van der Waals surface area contributed by atoms with Gasteiger partial charge in [-0.2, -0.15) is 0 Å². The normalized spacial score (nSPS) is 16.3. The lowest BCUT2D eigenvalue weighted by molar-refractivity contribution is 0.141. The van der Waals surface area contributed by atoms with Gasteiger partial charge in [0.15, 0.2) is 0 Å². The molecule has 1 aliphatic rings. The molecule has 5 heteroatoms. The van der Waals surface area contributed by atoms with Gasteiger partial charge in [-0.1, -0.05) is 19.1 Å². The van der Waals surface area contributed by atoms with Crippen molar-refractivity contribution in [3.05, 3.63) is 24.3 Å². The highest BCUT2D eigenvalue weighted by molar-refractivity contribution is 5.91. The van der Waals surface area contributed by atoms with Gasteiger partial charge >= 0.3 is 6.03 Å². The van der Waals surface area contributed by atoms with Gasteiger partial charge in [0.25, 0.3) is 0 Å². The van der Waals surface area contributed by atoms with E-state index >= 15 is 0 Å². The molecule has 0 bridgehead atoms. The molecular formula is C17H27N3O2. The van der Waals surface area contributed by atoms with Crippen LogP contribution in [0, 0.1) is 0 Å². The third-order valence-electron chi connectivity index (χ3n) is 4.31. The number of hydrogen-bond acceptors (Lipinski definition) is 3. The van der Waals surface area contributed by atoms with E-state index in [1.807, 2.05) is 36.2 Å². The zero-order valence-corrected chi connectivity index (χ0v) is 13.8. The van der Waals surface area contributed by atoms with E-state index in [2.05, 4.69) is 17.1 Å². The number of rotatable bonds is 5. The monoisotopic (exact) mass is 305 g/mol. The molecule has 122 valence electrons. The third-order valence-corrected chi connectivity index (χ3v) is 4.31. The fourth-order valence-corrected chi connectivity index (χ4v) is 2.96. The highest BCUT2D eigenvalue weighted by Gasteiger charge is 2.25. The number of nitrogens with zero attached hydrogens (tertiary/aromatic N) is 2. The summed E-state index contributed by atoms with van der Waals surface area (Å²) in [6.07, 6.45) is 3.26. The standard InChI is InChI=1S/C17H27N3O2/c1-4-11-20-12-9-14(10-13-20)19(2)17(21)18-15-7-5-6-8-16(15)22-3/h5-8,14H,4,9-13H2,1-3H3,(H,18,21). The van der Waals surface area contributed by atoms with E-state index in [9.17, 15) is 4.79 Å². The summed E-state index contributed by atoms with van der Waals surface area (Å²) in [5.74, 6) is 0.682. The fourth-order valence-electron chi connectivity index (χ4n) is 2.96. The van der Waals surface area contributed by atoms with E-state index in [1.165, 1.54) is 6.42 Å². The Bertz CT molecular complexity index is 485. The van der Waals surface area contributed by atoms with Crippen LogP contribution in [0.15, 0.2) is 24.3 Å². The third kappa shape index (κ3) is 4.13. The number of benzene rings is 1. The molecular weight excluding hydrogens is 278 g/mol. The maximum absolute atomic E-state index is 12.4. The van der Waals surface area contributed by atoms with Crippen LogP contribution in [0.3, 0.4) is 0 Å². The minimum atomic E-state index is -0.0709. The first-order valence-electron chi connectivity index (χ1n) is 8.05. The molecule has 0 radical (unpaired) electrons. The van der Waals surface area contributed by atoms with Crippen molar-refractivity contribution in [1.82, 2.24) is 9.80 Å². The van der Waals surface area contributed by atoms with Crippen LogP contribution in [0.1, 0.15) is 26.2 Å². The van der Waals surface area contributed by atoms with E-state index in [-0.39, 0.29) is 6.03 Å². The summed E-state index contributed by atoms with van der Waals surface area (Å²) in [4.78, 5) is 16.7. The van der Waals surface area contributed by atoms with Gasteiger partial charge in [0.05, 0.1) is 12.8 Å². The zero-order valence-electron chi connectivity index (χ0n) is 13.8. The summed E-state index contributed by atoms with van der Waals surface area (Å²) in [6, 6.07) is 7.72. The highest BCUT2D eigenvalue weighted by Crippen LogP contribution is 2.24. The van der Waals surface area contributed by atoms with Crippen LogP contribution in [-0.4, -0.2) is 55.7 Å². The molecule has 5 nitrogen and oxygen atoms in total. The zero-order chi connectivity index (χ0) is 15.9. The van der Waals surface area contributed by atoms with E-state index in [0.717, 1.165) is 32.5 Å². The highest BCUT2D eigenvalue weighted by atomic mass is 16.5. The number of hydrogen-bond donors (Lipinski definition) is 1. The SMILES string of the molecule is CCCN1CCC(N(C)C(=O)Nc2ccccc2OC)CC1. The number of urea groups is 1. The largest absolute Gasteiger partial charge is 0.495 e. The van der Waals surface area contributed by atoms with Crippen molar-refractivity contribution in [2.24, 2.45) is 0 Å². The Morgan fingerprint density at radius 2 is 2.05 bits per heavy atom. The summed E-state index contributed by atoms with van der Waals surface area (Å²) >= 11 is 0. The van der Waals surface area contributed by atoms with Crippen LogP contribution in [0.2, 0.25) is 0 Å². The number of amides is 2. The Morgan fingerprint density at radius 1 is 1.36 bits per heavy atom. The molecule has 1 fully saturated rings. The van der Waals surface area contributed by atoms with Crippen molar-refractivity contribution in [1.29, 1.82) is 0 Å². The summed E-state index contributed by atoms with van der Waals surface area (Å²) in [6.45, 7) is 5.51. The van der Waals surface area contributed by atoms with Crippen LogP contribution in [0.25, 0.3) is 0 Å². The molecule has 2 rings (SSSR count). The number of carbonyl (C=O) groups is 1. The lowest BCUT2D eigenvalue weighted by Crippen LogP contribution is -2.47. The Morgan fingerprint density at radius 3 is 2.68 bits per heavy atom. The van der Waals surface area contributed by atoms with Crippen molar-refractivity contribution in [3.63, 3.8) is 0 Å². The van der Waals surface area contributed by atoms with Crippen molar-refractivity contribution >= 4 is 11.7 Å². The second-order valence-corrected chi connectivity index (χ2v) is 5.81. The molecule has 1 aliphatic heterocycles. The molecule has 22 heavy (non-hydrogen) atoms. The first kappa shape index (κ1) is 16.6. The Hall–Kier alpha value is -1.75. The Balaban J connectivity index is 1.90. The molecule has 0 spiro atoms. The number of anilines is 1. The molecule has 0 unspecified atom stereocenters. The summed E-state index contributed by atoms with van der Waals surface area (Å²) < 4.78 is 5.27. The van der Waals surface area contributed by atoms with E-state index < -0.39 is 0 Å². The molecule has 1 saturated heterocycles. The van der Waals surface area contributed by atoms with Crippen molar-refractivity contribution < 1.29 is 9.53 Å². The van der Waals surface area contributed by atoms with Gasteiger partial charge in [-0.15, -0.1) is 0 Å². The summed E-state index contributed by atoms with van der Waals surface area (Å²) in [5, 5.41) is 2.94. The number of likely N-dealkylation sites (tertiary alicyclic amines) is 1. The van der Waals surface area contributed by atoms with Crippen LogP contribution in [0.5, 0.6) is 5.75 Å². The molecule has 1 aromatic carbocycles. The minimum absolute atomic E-state index is 0.0709. The predicted molar refractivity (Wildman–Crippen MR) is 89.5 cm³/mol. The number of piperidine rings is 1. The Kier molecular flexibility index (Phi) is 6.07. The Labute approximate surface area is 133 Å². The van der Waals surface area contributed by atoms with Gasteiger partial charge < -0.3 is 19.9 Å². The molecule has 0 aliphatic carbocycles. The summed E-state index contributed by atoms with van der Waals surface area (Å²) in [5.41, 5.74) is 0.713. The number of nitrogens with one attached hydrogen (secondary N) is 1. The maximum atomic E-state index is 12.4.